The average molecular weight is 255 g/mol. The Hall–Kier alpha value is -1.56. The van der Waals surface area contributed by atoms with E-state index in [0.717, 1.165) is 11.8 Å². The zero-order chi connectivity index (χ0) is 13.0. The van der Waals surface area contributed by atoms with Gasteiger partial charge in [0.15, 0.2) is 0 Å². The van der Waals surface area contributed by atoms with Crippen molar-refractivity contribution in [3.05, 3.63) is 23.4 Å². The topological polar surface area (TPSA) is 76.5 Å². The molecule has 6 heteroatoms. The summed E-state index contributed by atoms with van der Waals surface area (Å²) in [7, 11) is 1.30. The largest absolute Gasteiger partial charge is 0.480 e. The van der Waals surface area contributed by atoms with Crippen molar-refractivity contribution in [3.63, 3.8) is 0 Å². The van der Waals surface area contributed by atoms with E-state index >= 15 is 0 Å². The number of hydrogen-bond acceptors (Lipinski definition) is 5. The van der Waals surface area contributed by atoms with Crippen LogP contribution >= 0.6 is 11.8 Å². The number of aromatic nitrogens is 1. The number of carboxylic acid groups (broad SMARTS) is 1. The van der Waals surface area contributed by atoms with Crippen LogP contribution in [0.2, 0.25) is 0 Å². The van der Waals surface area contributed by atoms with Crippen LogP contribution in [0.4, 0.5) is 0 Å². The third-order valence-electron chi connectivity index (χ3n) is 2.11. The standard InChI is InChI=1S/C11H13NO4S/c1-6-8(11(15)16-3)4-5-9(12-6)17-7(2)10(13)14/h4-5,7H,1-3H3,(H,13,14). The van der Waals surface area contributed by atoms with E-state index in [0.29, 0.717) is 16.3 Å². The van der Waals surface area contributed by atoms with Crippen LogP contribution in [0.3, 0.4) is 0 Å². The van der Waals surface area contributed by atoms with Gasteiger partial charge in [-0.2, -0.15) is 0 Å². The predicted molar refractivity (Wildman–Crippen MR) is 63.3 cm³/mol. The fourth-order valence-electron chi connectivity index (χ4n) is 1.16. The Balaban J connectivity index is 2.89. The molecule has 0 radical (unpaired) electrons. The Labute approximate surface area is 103 Å². The van der Waals surface area contributed by atoms with E-state index in [4.69, 9.17) is 5.11 Å². The summed E-state index contributed by atoms with van der Waals surface area (Å²) >= 11 is 1.13. The highest BCUT2D eigenvalue weighted by atomic mass is 32.2. The van der Waals surface area contributed by atoms with Gasteiger partial charge in [0.1, 0.15) is 5.25 Å². The fourth-order valence-corrected chi connectivity index (χ4v) is 1.96. The molecule has 0 aliphatic rings. The molecule has 1 N–H and O–H groups in total. The minimum Gasteiger partial charge on any atom is -0.480 e. The van der Waals surface area contributed by atoms with Crippen LogP contribution < -0.4 is 0 Å². The van der Waals surface area contributed by atoms with Crippen molar-refractivity contribution in [3.8, 4) is 0 Å². The monoisotopic (exact) mass is 255 g/mol. The number of thioether (sulfide) groups is 1. The summed E-state index contributed by atoms with van der Waals surface area (Å²) < 4.78 is 4.60. The Morgan fingerprint density at radius 1 is 1.47 bits per heavy atom. The van der Waals surface area contributed by atoms with Crippen molar-refractivity contribution in [2.75, 3.05) is 7.11 Å². The molecule has 1 rings (SSSR count). The van der Waals surface area contributed by atoms with Crippen molar-refractivity contribution >= 4 is 23.7 Å². The fraction of sp³-hybridized carbons (Fsp3) is 0.364. The van der Waals surface area contributed by atoms with Crippen LogP contribution in [0.15, 0.2) is 17.2 Å². The number of carbonyl (C=O) groups excluding carboxylic acids is 1. The van der Waals surface area contributed by atoms with Gasteiger partial charge in [0.2, 0.25) is 0 Å². The van der Waals surface area contributed by atoms with E-state index in [2.05, 4.69) is 9.72 Å². The maximum atomic E-state index is 11.3. The third-order valence-corrected chi connectivity index (χ3v) is 3.13. The summed E-state index contributed by atoms with van der Waals surface area (Å²) in [6.07, 6.45) is 0. The highest BCUT2D eigenvalue weighted by Crippen LogP contribution is 2.22. The van der Waals surface area contributed by atoms with Crippen molar-refractivity contribution in [1.29, 1.82) is 0 Å². The number of nitrogens with zero attached hydrogens (tertiary/aromatic N) is 1. The van der Waals surface area contributed by atoms with E-state index in [1.54, 1.807) is 26.0 Å². The third kappa shape index (κ3) is 3.45. The molecular formula is C11H13NO4S. The van der Waals surface area contributed by atoms with Crippen LogP contribution in [0, 0.1) is 6.92 Å². The first-order valence-electron chi connectivity index (χ1n) is 4.91. The van der Waals surface area contributed by atoms with Crippen LogP contribution in [-0.4, -0.2) is 34.4 Å². The second kappa shape index (κ2) is 5.67. The number of methoxy groups -OCH3 is 1. The van der Waals surface area contributed by atoms with Crippen LogP contribution in [0.5, 0.6) is 0 Å². The van der Waals surface area contributed by atoms with Crippen molar-refractivity contribution in [2.45, 2.75) is 24.1 Å². The van der Waals surface area contributed by atoms with Crippen molar-refractivity contribution in [1.82, 2.24) is 4.98 Å². The van der Waals surface area contributed by atoms with Crippen molar-refractivity contribution in [2.24, 2.45) is 0 Å². The molecule has 0 saturated carbocycles. The highest BCUT2D eigenvalue weighted by molar-refractivity contribution is 8.00. The molecule has 0 saturated heterocycles. The highest BCUT2D eigenvalue weighted by Gasteiger charge is 2.15. The van der Waals surface area contributed by atoms with Gasteiger partial charge < -0.3 is 9.84 Å². The predicted octanol–water partition coefficient (Wildman–Crippen LogP) is 1.74. The Kier molecular flexibility index (Phi) is 4.51. The van der Waals surface area contributed by atoms with Gasteiger partial charge >= 0.3 is 11.9 Å². The minimum atomic E-state index is -0.897. The number of aliphatic carboxylic acids is 1. The maximum Gasteiger partial charge on any atom is 0.339 e. The van der Waals surface area contributed by atoms with Gasteiger partial charge in [-0.3, -0.25) is 4.79 Å². The lowest BCUT2D eigenvalue weighted by atomic mass is 10.2. The average Bonchev–Trinajstić information content (AvgIpc) is 2.28. The van der Waals surface area contributed by atoms with E-state index in [1.807, 2.05) is 0 Å². The molecule has 92 valence electrons. The van der Waals surface area contributed by atoms with Crippen LogP contribution in [-0.2, 0) is 9.53 Å². The summed E-state index contributed by atoms with van der Waals surface area (Å²) in [6.45, 7) is 3.26. The molecule has 0 bridgehead atoms. The summed E-state index contributed by atoms with van der Waals surface area (Å²) in [5.74, 6) is -1.34. The van der Waals surface area contributed by atoms with Gasteiger partial charge in [-0.05, 0) is 26.0 Å². The molecule has 1 aromatic rings. The number of carbonyl (C=O) groups is 2. The smallest absolute Gasteiger partial charge is 0.339 e. The molecular weight excluding hydrogens is 242 g/mol. The lowest BCUT2D eigenvalue weighted by Gasteiger charge is -2.08. The number of aryl methyl sites for hydroxylation is 1. The summed E-state index contributed by atoms with van der Waals surface area (Å²) in [5, 5.41) is 8.77. The molecule has 0 fully saturated rings. The molecule has 0 aliphatic heterocycles. The number of ether oxygens (including phenoxy) is 1. The molecule has 0 aliphatic carbocycles. The lowest BCUT2D eigenvalue weighted by molar-refractivity contribution is -0.136. The van der Waals surface area contributed by atoms with Gasteiger partial charge in [-0.25, -0.2) is 9.78 Å². The number of hydrogen-bond donors (Lipinski definition) is 1. The zero-order valence-electron chi connectivity index (χ0n) is 9.76. The van der Waals surface area contributed by atoms with Crippen molar-refractivity contribution < 1.29 is 19.4 Å². The van der Waals surface area contributed by atoms with Crippen LogP contribution in [0.25, 0.3) is 0 Å². The first kappa shape index (κ1) is 13.5. The Morgan fingerprint density at radius 2 is 2.12 bits per heavy atom. The molecule has 1 unspecified atom stereocenters. The number of carboxylic acids is 1. The molecule has 0 spiro atoms. The van der Waals surface area contributed by atoms with Gasteiger partial charge in [0.25, 0.3) is 0 Å². The molecule has 1 aromatic heterocycles. The minimum absolute atomic E-state index is 0.389. The second-order valence-corrected chi connectivity index (χ2v) is 4.73. The summed E-state index contributed by atoms with van der Waals surface area (Å²) in [5.41, 5.74) is 0.916. The molecule has 0 aromatic carbocycles. The van der Waals surface area contributed by atoms with E-state index < -0.39 is 17.2 Å². The van der Waals surface area contributed by atoms with Gasteiger partial charge in [-0.1, -0.05) is 11.8 Å². The molecule has 0 amide bonds. The number of esters is 1. The van der Waals surface area contributed by atoms with Crippen LogP contribution in [0.1, 0.15) is 23.0 Å². The summed E-state index contributed by atoms with van der Waals surface area (Å²) in [6, 6.07) is 3.20. The maximum absolute atomic E-state index is 11.3. The van der Waals surface area contributed by atoms with E-state index in [1.165, 1.54) is 7.11 Å². The Morgan fingerprint density at radius 3 is 2.59 bits per heavy atom. The molecule has 17 heavy (non-hydrogen) atoms. The van der Waals surface area contributed by atoms with Gasteiger partial charge in [0, 0.05) is 0 Å². The number of rotatable bonds is 4. The van der Waals surface area contributed by atoms with E-state index in [9.17, 15) is 9.59 Å². The lowest BCUT2D eigenvalue weighted by Crippen LogP contribution is -2.12. The van der Waals surface area contributed by atoms with Gasteiger partial charge in [-0.15, -0.1) is 0 Å². The number of pyridine rings is 1. The second-order valence-electron chi connectivity index (χ2n) is 3.37. The SMILES string of the molecule is COC(=O)c1ccc(SC(C)C(=O)O)nc1C. The quantitative estimate of drug-likeness (QED) is 0.652. The molecule has 1 heterocycles. The molecule has 1 atom stereocenters. The van der Waals surface area contributed by atoms with E-state index in [-0.39, 0.29) is 0 Å². The Bertz CT molecular complexity index is 447. The first-order valence-corrected chi connectivity index (χ1v) is 5.79. The zero-order valence-corrected chi connectivity index (χ0v) is 10.6. The summed E-state index contributed by atoms with van der Waals surface area (Å²) in [4.78, 5) is 26.2. The first-order chi connectivity index (χ1) is 7.95. The van der Waals surface area contributed by atoms with Gasteiger partial charge in [0.05, 0.1) is 23.4 Å². The molecule has 5 nitrogen and oxygen atoms in total. The normalized spacial score (nSPS) is 11.9.